The summed E-state index contributed by atoms with van der Waals surface area (Å²) >= 11 is 0. The van der Waals surface area contributed by atoms with Crippen LogP contribution in [0.15, 0.2) is 0 Å². The van der Waals surface area contributed by atoms with Gasteiger partial charge in [-0.15, -0.1) is 12.3 Å². The Bertz CT molecular complexity index is 212. The molecule has 0 saturated heterocycles. The average molecular weight is 185 g/mol. The molecule has 0 rings (SSSR count). The first-order valence-electron chi connectivity index (χ1n) is 3.96. The average Bonchev–Trinajstić information content (AvgIpc) is 1.95. The molecule has 0 amide bonds. The van der Waals surface area contributed by atoms with Crippen molar-refractivity contribution in [3.05, 3.63) is 0 Å². The normalized spacial score (nSPS) is 13.4. The van der Waals surface area contributed by atoms with Gasteiger partial charge in [0.1, 0.15) is 6.04 Å². The molecular formula is C9H15NO3. The SMILES string of the molecule is C#CCC(NOC(C)(C)C)C(=O)O. The minimum Gasteiger partial charge on any atom is -0.480 e. The van der Waals surface area contributed by atoms with E-state index in [1.165, 1.54) is 0 Å². The minimum atomic E-state index is -1.01. The van der Waals surface area contributed by atoms with Crippen molar-refractivity contribution in [2.45, 2.75) is 38.8 Å². The van der Waals surface area contributed by atoms with Gasteiger partial charge in [0.2, 0.25) is 0 Å². The van der Waals surface area contributed by atoms with E-state index < -0.39 is 17.6 Å². The maximum Gasteiger partial charge on any atom is 0.324 e. The summed E-state index contributed by atoms with van der Waals surface area (Å²) in [5, 5.41) is 8.66. The first-order chi connectivity index (χ1) is 5.87. The van der Waals surface area contributed by atoms with Gasteiger partial charge in [0.25, 0.3) is 0 Å². The topological polar surface area (TPSA) is 58.6 Å². The van der Waals surface area contributed by atoms with E-state index >= 15 is 0 Å². The van der Waals surface area contributed by atoms with E-state index in [0.717, 1.165) is 0 Å². The van der Waals surface area contributed by atoms with Crippen molar-refractivity contribution >= 4 is 5.97 Å². The molecule has 4 heteroatoms. The monoisotopic (exact) mass is 185 g/mol. The number of carbonyl (C=O) groups is 1. The second kappa shape index (κ2) is 4.85. The van der Waals surface area contributed by atoms with Gasteiger partial charge in [0.15, 0.2) is 0 Å². The predicted octanol–water partition coefficient (Wildman–Crippen LogP) is 0.783. The van der Waals surface area contributed by atoms with Crippen molar-refractivity contribution in [3.63, 3.8) is 0 Å². The van der Waals surface area contributed by atoms with Crippen LogP contribution in [0.2, 0.25) is 0 Å². The Balaban J connectivity index is 3.99. The van der Waals surface area contributed by atoms with Crippen LogP contribution in [-0.2, 0) is 9.63 Å². The lowest BCUT2D eigenvalue weighted by atomic mass is 10.2. The number of terminal acetylenes is 1. The highest BCUT2D eigenvalue weighted by atomic mass is 16.7. The Morgan fingerprint density at radius 3 is 2.54 bits per heavy atom. The molecule has 74 valence electrons. The van der Waals surface area contributed by atoms with Gasteiger partial charge in [-0.05, 0) is 20.8 Å². The van der Waals surface area contributed by atoms with Crippen LogP contribution in [0.3, 0.4) is 0 Å². The van der Waals surface area contributed by atoms with Crippen LogP contribution in [0.25, 0.3) is 0 Å². The smallest absolute Gasteiger partial charge is 0.324 e. The summed E-state index contributed by atoms with van der Waals surface area (Å²) in [5.41, 5.74) is 1.99. The van der Waals surface area contributed by atoms with E-state index in [2.05, 4.69) is 11.4 Å². The van der Waals surface area contributed by atoms with Gasteiger partial charge in [0, 0.05) is 6.42 Å². The zero-order valence-electron chi connectivity index (χ0n) is 8.13. The van der Waals surface area contributed by atoms with Gasteiger partial charge in [-0.1, -0.05) is 0 Å². The fourth-order valence-corrected chi connectivity index (χ4v) is 0.545. The van der Waals surface area contributed by atoms with Gasteiger partial charge in [-0.3, -0.25) is 9.63 Å². The summed E-state index contributed by atoms with van der Waals surface area (Å²) in [6.45, 7) is 5.44. The molecule has 13 heavy (non-hydrogen) atoms. The quantitative estimate of drug-likeness (QED) is 0.502. The summed E-state index contributed by atoms with van der Waals surface area (Å²) in [5.74, 6) is 1.25. The molecule has 0 aromatic rings. The molecule has 0 radical (unpaired) electrons. The summed E-state index contributed by atoms with van der Waals surface area (Å²) in [6.07, 6.45) is 5.10. The Kier molecular flexibility index (Phi) is 4.46. The maximum atomic E-state index is 10.6. The maximum absolute atomic E-state index is 10.6. The molecule has 4 nitrogen and oxygen atoms in total. The van der Waals surface area contributed by atoms with Crippen molar-refractivity contribution in [2.24, 2.45) is 0 Å². The molecule has 2 N–H and O–H groups in total. The lowest BCUT2D eigenvalue weighted by molar-refractivity contribution is -0.149. The summed E-state index contributed by atoms with van der Waals surface area (Å²) in [4.78, 5) is 15.6. The molecule has 0 aliphatic carbocycles. The van der Waals surface area contributed by atoms with E-state index in [1.54, 1.807) is 0 Å². The first kappa shape index (κ1) is 11.9. The Labute approximate surface area is 78.2 Å². The van der Waals surface area contributed by atoms with Crippen molar-refractivity contribution in [3.8, 4) is 12.3 Å². The lowest BCUT2D eigenvalue weighted by Gasteiger charge is -2.21. The van der Waals surface area contributed by atoms with Gasteiger partial charge < -0.3 is 5.11 Å². The molecule has 0 aromatic carbocycles. The zero-order chi connectivity index (χ0) is 10.5. The molecule has 1 unspecified atom stereocenters. The number of hydrogen-bond donors (Lipinski definition) is 2. The third kappa shape index (κ3) is 6.14. The molecule has 0 heterocycles. The molecular weight excluding hydrogens is 170 g/mol. The number of carboxylic acids is 1. The zero-order valence-corrected chi connectivity index (χ0v) is 8.13. The van der Waals surface area contributed by atoms with E-state index in [1.807, 2.05) is 20.8 Å². The highest BCUT2D eigenvalue weighted by Crippen LogP contribution is 2.05. The fourth-order valence-electron chi connectivity index (χ4n) is 0.545. The van der Waals surface area contributed by atoms with Crippen LogP contribution < -0.4 is 5.48 Å². The summed E-state index contributed by atoms with van der Waals surface area (Å²) < 4.78 is 0. The largest absolute Gasteiger partial charge is 0.480 e. The van der Waals surface area contributed by atoms with Gasteiger partial charge >= 0.3 is 5.97 Å². The Morgan fingerprint density at radius 1 is 1.69 bits per heavy atom. The lowest BCUT2D eigenvalue weighted by Crippen LogP contribution is -2.41. The molecule has 0 saturated carbocycles. The number of rotatable bonds is 4. The van der Waals surface area contributed by atoms with E-state index in [9.17, 15) is 4.79 Å². The standard InChI is InChI=1S/C9H15NO3/c1-5-6-7(8(11)12)10-13-9(2,3)4/h1,7,10H,6H2,2-4H3,(H,11,12). The highest BCUT2D eigenvalue weighted by Gasteiger charge is 2.19. The van der Waals surface area contributed by atoms with Crippen molar-refractivity contribution in [1.29, 1.82) is 0 Å². The second-order valence-electron chi connectivity index (χ2n) is 3.63. The van der Waals surface area contributed by atoms with Gasteiger partial charge in [-0.2, -0.15) is 5.48 Å². The molecule has 1 atom stereocenters. The summed E-state index contributed by atoms with van der Waals surface area (Å²) in [6, 6.07) is -0.843. The number of hydroxylamine groups is 1. The van der Waals surface area contributed by atoms with Crippen molar-refractivity contribution in [2.75, 3.05) is 0 Å². The second-order valence-corrected chi connectivity index (χ2v) is 3.63. The Morgan fingerprint density at radius 2 is 2.23 bits per heavy atom. The Hall–Kier alpha value is -1.05. The summed E-state index contributed by atoms with van der Waals surface area (Å²) in [7, 11) is 0. The van der Waals surface area contributed by atoms with E-state index in [-0.39, 0.29) is 6.42 Å². The third-order valence-corrected chi connectivity index (χ3v) is 1.13. The van der Waals surface area contributed by atoms with Crippen LogP contribution in [0.1, 0.15) is 27.2 Å². The van der Waals surface area contributed by atoms with Crippen molar-refractivity contribution in [1.82, 2.24) is 5.48 Å². The van der Waals surface area contributed by atoms with E-state index in [4.69, 9.17) is 16.4 Å². The number of aliphatic carboxylic acids is 1. The van der Waals surface area contributed by atoms with Crippen LogP contribution in [0.4, 0.5) is 0 Å². The van der Waals surface area contributed by atoms with Gasteiger partial charge in [-0.25, -0.2) is 0 Å². The molecule has 0 fully saturated rings. The molecule has 0 aliphatic rings. The predicted molar refractivity (Wildman–Crippen MR) is 48.8 cm³/mol. The number of hydrogen-bond acceptors (Lipinski definition) is 3. The van der Waals surface area contributed by atoms with Crippen molar-refractivity contribution < 1.29 is 14.7 Å². The van der Waals surface area contributed by atoms with Crippen LogP contribution in [0.5, 0.6) is 0 Å². The molecule has 0 aliphatic heterocycles. The number of nitrogens with one attached hydrogen (secondary N) is 1. The van der Waals surface area contributed by atoms with E-state index in [0.29, 0.717) is 0 Å². The van der Waals surface area contributed by atoms with Crippen LogP contribution >= 0.6 is 0 Å². The fraction of sp³-hybridized carbons (Fsp3) is 0.667. The molecule has 0 aromatic heterocycles. The minimum absolute atomic E-state index is 0.103. The third-order valence-electron chi connectivity index (χ3n) is 1.13. The molecule has 0 bridgehead atoms. The number of carboxylic acid groups (broad SMARTS) is 1. The molecule has 0 spiro atoms. The van der Waals surface area contributed by atoms with Crippen LogP contribution in [-0.4, -0.2) is 22.7 Å². The highest BCUT2D eigenvalue weighted by molar-refractivity contribution is 5.73. The first-order valence-corrected chi connectivity index (χ1v) is 3.96. The van der Waals surface area contributed by atoms with Crippen LogP contribution in [0, 0.1) is 12.3 Å². The van der Waals surface area contributed by atoms with Gasteiger partial charge in [0.05, 0.1) is 5.60 Å².